The zero-order valence-electron chi connectivity index (χ0n) is 15.6. The SMILES string of the molecule is CCCCCCOc1ccc(OC(=O)CCC)c(OC(=O)CCC)c1. The lowest BCUT2D eigenvalue weighted by atomic mass is 10.2. The Morgan fingerprint density at radius 1 is 0.800 bits per heavy atom. The molecule has 0 aliphatic rings. The van der Waals surface area contributed by atoms with E-state index in [9.17, 15) is 9.59 Å². The van der Waals surface area contributed by atoms with Gasteiger partial charge in [-0.05, 0) is 31.4 Å². The van der Waals surface area contributed by atoms with Crippen molar-refractivity contribution in [3.63, 3.8) is 0 Å². The Balaban J connectivity index is 2.78. The van der Waals surface area contributed by atoms with Crippen molar-refractivity contribution in [1.82, 2.24) is 0 Å². The van der Waals surface area contributed by atoms with E-state index in [0.29, 0.717) is 38.0 Å². The minimum atomic E-state index is -0.351. The van der Waals surface area contributed by atoms with Gasteiger partial charge in [-0.3, -0.25) is 9.59 Å². The van der Waals surface area contributed by atoms with Crippen LogP contribution < -0.4 is 14.2 Å². The largest absolute Gasteiger partial charge is 0.493 e. The fraction of sp³-hybridized carbons (Fsp3) is 0.600. The minimum absolute atomic E-state index is 0.231. The molecular formula is C20H30O5. The third-order valence-corrected chi connectivity index (χ3v) is 3.54. The van der Waals surface area contributed by atoms with Crippen LogP contribution in [0.1, 0.15) is 72.1 Å². The summed E-state index contributed by atoms with van der Waals surface area (Å²) in [5.74, 6) is 0.389. The zero-order valence-corrected chi connectivity index (χ0v) is 15.6. The highest BCUT2D eigenvalue weighted by atomic mass is 16.6. The number of benzene rings is 1. The summed E-state index contributed by atoms with van der Waals surface area (Å²) in [7, 11) is 0. The fourth-order valence-corrected chi connectivity index (χ4v) is 2.22. The Morgan fingerprint density at radius 3 is 2.04 bits per heavy atom. The number of rotatable bonds is 12. The van der Waals surface area contributed by atoms with E-state index < -0.39 is 0 Å². The average Bonchev–Trinajstić information content (AvgIpc) is 2.57. The van der Waals surface area contributed by atoms with Crippen molar-refractivity contribution in [2.45, 2.75) is 72.1 Å². The summed E-state index contributed by atoms with van der Waals surface area (Å²) < 4.78 is 16.4. The molecule has 5 heteroatoms. The second kappa shape index (κ2) is 12.3. The normalized spacial score (nSPS) is 10.4. The molecule has 25 heavy (non-hydrogen) atoms. The first-order chi connectivity index (χ1) is 12.1. The molecule has 0 saturated heterocycles. The number of hydrogen-bond donors (Lipinski definition) is 0. The summed E-state index contributed by atoms with van der Waals surface area (Å²) in [6, 6.07) is 4.96. The molecule has 0 amide bonds. The van der Waals surface area contributed by atoms with Crippen molar-refractivity contribution >= 4 is 11.9 Å². The first-order valence-corrected chi connectivity index (χ1v) is 9.28. The topological polar surface area (TPSA) is 61.8 Å². The molecule has 0 atom stereocenters. The van der Waals surface area contributed by atoms with Crippen LogP contribution in [0.25, 0.3) is 0 Å². The maximum Gasteiger partial charge on any atom is 0.311 e. The molecule has 0 radical (unpaired) electrons. The minimum Gasteiger partial charge on any atom is -0.493 e. The van der Waals surface area contributed by atoms with E-state index >= 15 is 0 Å². The van der Waals surface area contributed by atoms with Crippen LogP contribution in [0, 0.1) is 0 Å². The van der Waals surface area contributed by atoms with Gasteiger partial charge >= 0.3 is 11.9 Å². The molecule has 1 aromatic carbocycles. The quantitative estimate of drug-likeness (QED) is 0.300. The smallest absolute Gasteiger partial charge is 0.311 e. The van der Waals surface area contributed by atoms with Gasteiger partial charge in [-0.25, -0.2) is 0 Å². The maximum atomic E-state index is 11.8. The third-order valence-electron chi connectivity index (χ3n) is 3.54. The second-order valence-electron chi connectivity index (χ2n) is 5.97. The Bertz CT molecular complexity index is 539. The summed E-state index contributed by atoms with van der Waals surface area (Å²) in [4.78, 5) is 23.6. The molecule has 0 saturated carbocycles. The Kier molecular flexibility index (Phi) is 10.4. The van der Waals surface area contributed by atoms with Gasteiger partial charge in [0.1, 0.15) is 5.75 Å². The van der Waals surface area contributed by atoms with Crippen LogP contribution in [0.5, 0.6) is 17.2 Å². The number of ether oxygens (including phenoxy) is 3. The number of carbonyl (C=O) groups is 2. The molecule has 0 aliphatic carbocycles. The number of esters is 2. The van der Waals surface area contributed by atoms with Gasteiger partial charge in [0.2, 0.25) is 0 Å². The van der Waals surface area contributed by atoms with Crippen LogP contribution in [0.2, 0.25) is 0 Å². The van der Waals surface area contributed by atoms with Gasteiger partial charge in [-0.2, -0.15) is 0 Å². The Labute approximate surface area is 150 Å². The highest BCUT2D eigenvalue weighted by molar-refractivity contribution is 5.76. The van der Waals surface area contributed by atoms with Gasteiger partial charge in [0.05, 0.1) is 6.61 Å². The monoisotopic (exact) mass is 350 g/mol. The van der Waals surface area contributed by atoms with Gasteiger partial charge in [-0.1, -0.05) is 40.0 Å². The molecule has 0 heterocycles. The van der Waals surface area contributed by atoms with Crippen molar-refractivity contribution in [3.8, 4) is 17.2 Å². The molecule has 0 aliphatic heterocycles. The van der Waals surface area contributed by atoms with E-state index in [0.717, 1.165) is 12.8 Å². The number of hydrogen-bond acceptors (Lipinski definition) is 5. The first-order valence-electron chi connectivity index (χ1n) is 9.28. The fourth-order valence-electron chi connectivity index (χ4n) is 2.22. The lowest BCUT2D eigenvalue weighted by molar-refractivity contribution is -0.137. The van der Waals surface area contributed by atoms with Crippen molar-refractivity contribution in [3.05, 3.63) is 18.2 Å². The maximum absolute atomic E-state index is 11.8. The van der Waals surface area contributed by atoms with Crippen molar-refractivity contribution in [1.29, 1.82) is 0 Å². The van der Waals surface area contributed by atoms with Crippen LogP contribution in [0.15, 0.2) is 18.2 Å². The molecule has 0 aromatic heterocycles. The molecule has 0 spiro atoms. The lowest BCUT2D eigenvalue weighted by Crippen LogP contribution is -2.11. The van der Waals surface area contributed by atoms with Crippen LogP contribution >= 0.6 is 0 Å². The average molecular weight is 350 g/mol. The van der Waals surface area contributed by atoms with E-state index in [2.05, 4.69) is 6.92 Å². The van der Waals surface area contributed by atoms with E-state index in [-0.39, 0.29) is 23.4 Å². The van der Waals surface area contributed by atoms with Gasteiger partial charge in [0.25, 0.3) is 0 Å². The summed E-state index contributed by atoms with van der Waals surface area (Å²) in [6.45, 7) is 6.58. The van der Waals surface area contributed by atoms with Gasteiger partial charge < -0.3 is 14.2 Å². The first kappa shape index (κ1) is 21.0. The summed E-state index contributed by atoms with van der Waals surface area (Å²) >= 11 is 0. The molecule has 1 aromatic rings. The van der Waals surface area contributed by atoms with Crippen LogP contribution in [0.3, 0.4) is 0 Å². The molecule has 0 bridgehead atoms. The predicted molar refractivity (Wildman–Crippen MR) is 97.2 cm³/mol. The van der Waals surface area contributed by atoms with Gasteiger partial charge in [0.15, 0.2) is 11.5 Å². The molecule has 140 valence electrons. The lowest BCUT2D eigenvalue weighted by Gasteiger charge is -2.13. The molecule has 0 unspecified atom stereocenters. The van der Waals surface area contributed by atoms with Crippen molar-refractivity contribution < 1.29 is 23.8 Å². The highest BCUT2D eigenvalue weighted by Gasteiger charge is 2.14. The van der Waals surface area contributed by atoms with Gasteiger partial charge in [-0.15, -0.1) is 0 Å². The second-order valence-corrected chi connectivity index (χ2v) is 5.97. The summed E-state index contributed by atoms with van der Waals surface area (Å²) in [5, 5.41) is 0. The molecule has 5 nitrogen and oxygen atoms in total. The zero-order chi connectivity index (χ0) is 18.5. The standard InChI is InChI=1S/C20H30O5/c1-4-7-8-9-14-23-16-12-13-17(24-19(21)10-5-2)18(15-16)25-20(22)11-6-3/h12-13,15H,4-11,14H2,1-3H3. The van der Waals surface area contributed by atoms with E-state index in [1.165, 1.54) is 12.8 Å². The van der Waals surface area contributed by atoms with Crippen molar-refractivity contribution in [2.75, 3.05) is 6.61 Å². The van der Waals surface area contributed by atoms with E-state index in [4.69, 9.17) is 14.2 Å². The third kappa shape index (κ3) is 8.57. The summed E-state index contributed by atoms with van der Waals surface area (Å²) in [6.07, 6.45) is 6.49. The van der Waals surface area contributed by atoms with E-state index in [1.54, 1.807) is 18.2 Å². The predicted octanol–water partition coefficient (Wildman–Crippen LogP) is 5.06. The van der Waals surface area contributed by atoms with Crippen LogP contribution in [0.4, 0.5) is 0 Å². The van der Waals surface area contributed by atoms with Crippen LogP contribution in [-0.4, -0.2) is 18.5 Å². The Hall–Kier alpha value is -2.04. The van der Waals surface area contributed by atoms with Crippen LogP contribution in [-0.2, 0) is 9.59 Å². The molecule has 1 rings (SSSR count). The number of carbonyl (C=O) groups excluding carboxylic acids is 2. The van der Waals surface area contributed by atoms with Gasteiger partial charge in [0, 0.05) is 18.9 Å². The summed E-state index contributed by atoms with van der Waals surface area (Å²) in [5.41, 5.74) is 0. The highest BCUT2D eigenvalue weighted by Crippen LogP contribution is 2.32. The van der Waals surface area contributed by atoms with E-state index in [1.807, 2.05) is 13.8 Å². The Morgan fingerprint density at radius 2 is 1.44 bits per heavy atom. The van der Waals surface area contributed by atoms with Crippen molar-refractivity contribution in [2.24, 2.45) is 0 Å². The molecular weight excluding hydrogens is 320 g/mol. The molecule has 0 fully saturated rings. The molecule has 0 N–H and O–H groups in total. The number of unbranched alkanes of at least 4 members (excludes halogenated alkanes) is 3.